The zero-order chi connectivity index (χ0) is 14.9. The number of alkyl halides is 1. The summed E-state index contributed by atoms with van der Waals surface area (Å²) < 4.78 is 33.7. The predicted molar refractivity (Wildman–Crippen MR) is 82.6 cm³/mol. The van der Waals surface area contributed by atoms with Crippen molar-refractivity contribution in [1.82, 2.24) is 0 Å². The molecule has 0 saturated heterocycles. The van der Waals surface area contributed by atoms with E-state index in [0.29, 0.717) is 15.8 Å². The summed E-state index contributed by atoms with van der Waals surface area (Å²) in [5, 5.41) is 0. The first-order chi connectivity index (χ1) is 9.43. The van der Waals surface area contributed by atoms with Gasteiger partial charge in [-0.05, 0) is 25.1 Å². The van der Waals surface area contributed by atoms with Gasteiger partial charge in [-0.15, -0.1) is 0 Å². The van der Waals surface area contributed by atoms with Crippen molar-refractivity contribution in [3.05, 3.63) is 63.1 Å². The quantitative estimate of drug-likeness (QED) is 0.610. The minimum Gasteiger partial charge on any atom is -0.496 e. The van der Waals surface area contributed by atoms with Gasteiger partial charge in [0.1, 0.15) is 17.4 Å². The van der Waals surface area contributed by atoms with Crippen LogP contribution in [0.2, 0.25) is 0 Å². The molecule has 0 saturated carbocycles. The maximum Gasteiger partial charge on any atom is 0.131 e. The number of benzene rings is 2. The van der Waals surface area contributed by atoms with Gasteiger partial charge in [0.15, 0.2) is 0 Å². The van der Waals surface area contributed by atoms with Gasteiger partial charge >= 0.3 is 0 Å². The molecular weight excluding hydrogens is 394 g/mol. The molecule has 0 amide bonds. The molecule has 2 aromatic carbocycles. The average molecular weight is 406 g/mol. The predicted octanol–water partition coefficient (Wildman–Crippen LogP) is 5.53. The van der Waals surface area contributed by atoms with Crippen molar-refractivity contribution >= 4 is 31.9 Å². The Bertz CT molecular complexity index is 621. The van der Waals surface area contributed by atoms with E-state index in [2.05, 4.69) is 31.9 Å². The lowest BCUT2D eigenvalue weighted by atomic mass is 10.0. The van der Waals surface area contributed by atoms with Gasteiger partial charge < -0.3 is 4.74 Å². The van der Waals surface area contributed by atoms with Crippen molar-refractivity contribution in [2.45, 2.75) is 11.8 Å². The Hall–Kier alpha value is -0.940. The van der Waals surface area contributed by atoms with Crippen LogP contribution in [0.1, 0.15) is 21.5 Å². The Morgan fingerprint density at radius 1 is 1.10 bits per heavy atom. The van der Waals surface area contributed by atoms with Gasteiger partial charge in [0, 0.05) is 15.6 Å². The number of methoxy groups -OCH3 is 1. The zero-order valence-electron chi connectivity index (χ0n) is 10.9. The van der Waals surface area contributed by atoms with Crippen molar-refractivity contribution in [3.63, 3.8) is 0 Å². The van der Waals surface area contributed by atoms with E-state index in [1.807, 2.05) is 19.1 Å². The first-order valence-corrected chi connectivity index (χ1v) is 7.58. The van der Waals surface area contributed by atoms with Crippen LogP contribution in [-0.2, 0) is 0 Å². The molecule has 1 unspecified atom stereocenters. The third kappa shape index (κ3) is 3.04. The Morgan fingerprint density at radius 3 is 2.25 bits per heavy atom. The van der Waals surface area contributed by atoms with Gasteiger partial charge in [-0.1, -0.05) is 49.6 Å². The molecule has 0 aromatic heterocycles. The van der Waals surface area contributed by atoms with Crippen LogP contribution in [0.25, 0.3) is 0 Å². The fourth-order valence-electron chi connectivity index (χ4n) is 2.00. The van der Waals surface area contributed by atoms with Gasteiger partial charge in [-0.2, -0.15) is 0 Å². The maximum absolute atomic E-state index is 14.0. The van der Waals surface area contributed by atoms with Crippen LogP contribution in [-0.4, -0.2) is 7.11 Å². The first-order valence-electron chi connectivity index (χ1n) is 5.87. The monoisotopic (exact) mass is 404 g/mol. The fourth-order valence-corrected chi connectivity index (χ4v) is 3.20. The number of halogens is 4. The molecule has 0 bridgehead atoms. The molecule has 0 aliphatic rings. The molecule has 0 radical (unpaired) electrons. The molecule has 0 fully saturated rings. The molecule has 0 N–H and O–H groups in total. The summed E-state index contributed by atoms with van der Waals surface area (Å²) in [5.41, 5.74) is 1.65. The van der Waals surface area contributed by atoms with Gasteiger partial charge in [0.05, 0.1) is 11.9 Å². The van der Waals surface area contributed by atoms with Crippen molar-refractivity contribution in [2.75, 3.05) is 7.11 Å². The number of hydrogen-bond acceptors (Lipinski definition) is 1. The van der Waals surface area contributed by atoms with Crippen LogP contribution >= 0.6 is 31.9 Å². The Labute approximate surface area is 133 Å². The number of ether oxygens (including phenoxy) is 1. The van der Waals surface area contributed by atoms with Gasteiger partial charge in [-0.3, -0.25) is 0 Å². The lowest BCUT2D eigenvalue weighted by molar-refractivity contribution is 0.410. The van der Waals surface area contributed by atoms with E-state index < -0.39 is 16.5 Å². The van der Waals surface area contributed by atoms with E-state index in [0.717, 1.165) is 5.56 Å². The SMILES string of the molecule is COc1ccc(C)cc1C(Br)c1c(F)cc(Br)cc1F. The molecule has 2 aromatic rings. The van der Waals surface area contributed by atoms with Crippen LogP contribution in [0, 0.1) is 18.6 Å². The number of aryl methyl sites for hydroxylation is 1. The molecule has 1 nitrogen and oxygen atoms in total. The average Bonchev–Trinajstić information content (AvgIpc) is 2.37. The van der Waals surface area contributed by atoms with Crippen LogP contribution in [0.3, 0.4) is 0 Å². The largest absolute Gasteiger partial charge is 0.496 e. The van der Waals surface area contributed by atoms with E-state index >= 15 is 0 Å². The molecule has 20 heavy (non-hydrogen) atoms. The highest BCUT2D eigenvalue weighted by molar-refractivity contribution is 9.10. The molecule has 0 heterocycles. The smallest absolute Gasteiger partial charge is 0.131 e. The summed E-state index contributed by atoms with van der Waals surface area (Å²) in [6.07, 6.45) is 0. The normalized spacial score (nSPS) is 12.3. The first kappa shape index (κ1) is 15.4. The van der Waals surface area contributed by atoms with Gasteiger partial charge in [0.25, 0.3) is 0 Å². The van der Waals surface area contributed by atoms with Gasteiger partial charge in [0.2, 0.25) is 0 Å². The fraction of sp³-hybridized carbons (Fsp3) is 0.200. The highest BCUT2D eigenvalue weighted by Crippen LogP contribution is 2.40. The third-order valence-corrected chi connectivity index (χ3v) is 4.36. The topological polar surface area (TPSA) is 9.23 Å². The second kappa shape index (κ2) is 6.22. The summed E-state index contributed by atoms with van der Waals surface area (Å²) >= 11 is 6.44. The number of hydrogen-bond donors (Lipinski definition) is 0. The summed E-state index contributed by atoms with van der Waals surface area (Å²) in [6.45, 7) is 1.91. The maximum atomic E-state index is 14.0. The lowest BCUT2D eigenvalue weighted by Crippen LogP contribution is -2.03. The van der Waals surface area contributed by atoms with Crippen LogP contribution in [0.5, 0.6) is 5.75 Å². The highest BCUT2D eigenvalue weighted by atomic mass is 79.9. The third-order valence-electron chi connectivity index (χ3n) is 2.96. The van der Waals surface area contributed by atoms with Crippen molar-refractivity contribution in [2.24, 2.45) is 0 Å². The summed E-state index contributed by atoms with van der Waals surface area (Å²) in [7, 11) is 1.53. The molecule has 0 aliphatic heterocycles. The molecule has 5 heteroatoms. The van der Waals surface area contributed by atoms with E-state index in [-0.39, 0.29) is 5.56 Å². The van der Waals surface area contributed by atoms with E-state index in [9.17, 15) is 8.78 Å². The highest BCUT2D eigenvalue weighted by Gasteiger charge is 2.23. The van der Waals surface area contributed by atoms with Crippen molar-refractivity contribution < 1.29 is 13.5 Å². The molecule has 0 spiro atoms. The second-order valence-corrected chi connectivity index (χ2v) is 6.22. The van der Waals surface area contributed by atoms with Crippen molar-refractivity contribution in [3.8, 4) is 5.75 Å². The summed E-state index contributed by atoms with van der Waals surface area (Å²) in [5.74, 6) is -0.635. The minimum absolute atomic E-state index is 0.0305. The zero-order valence-corrected chi connectivity index (χ0v) is 14.1. The van der Waals surface area contributed by atoms with Gasteiger partial charge in [-0.25, -0.2) is 8.78 Å². The van der Waals surface area contributed by atoms with E-state index in [4.69, 9.17) is 4.74 Å². The molecule has 106 valence electrons. The summed E-state index contributed by atoms with van der Waals surface area (Å²) in [6, 6.07) is 8.01. The second-order valence-electron chi connectivity index (χ2n) is 4.39. The Morgan fingerprint density at radius 2 is 1.70 bits per heavy atom. The Balaban J connectivity index is 2.57. The van der Waals surface area contributed by atoms with E-state index in [1.165, 1.54) is 19.2 Å². The standard InChI is InChI=1S/C15H12Br2F2O/c1-8-3-4-13(20-2)10(5-8)15(17)14-11(18)6-9(16)7-12(14)19/h3-7,15H,1-2H3. The molecule has 2 rings (SSSR count). The molecule has 0 aliphatic carbocycles. The van der Waals surface area contributed by atoms with Crippen LogP contribution < -0.4 is 4.74 Å². The van der Waals surface area contributed by atoms with Crippen LogP contribution in [0.4, 0.5) is 8.78 Å². The van der Waals surface area contributed by atoms with E-state index in [1.54, 1.807) is 6.07 Å². The lowest BCUT2D eigenvalue weighted by Gasteiger charge is -2.17. The minimum atomic E-state index is -0.620. The number of rotatable bonds is 3. The van der Waals surface area contributed by atoms with Crippen molar-refractivity contribution in [1.29, 1.82) is 0 Å². The Kier molecular flexibility index (Phi) is 4.81. The molecular formula is C15H12Br2F2O. The molecule has 1 atom stereocenters. The van der Waals surface area contributed by atoms with Crippen LogP contribution in [0.15, 0.2) is 34.8 Å². The summed E-state index contributed by atoms with van der Waals surface area (Å²) in [4.78, 5) is -0.620.